The Balaban J connectivity index is 3.30. The molecule has 0 atom stereocenters. The van der Waals surface area contributed by atoms with Crippen molar-refractivity contribution in [2.24, 2.45) is 11.8 Å². The third-order valence-electron chi connectivity index (χ3n) is 7.08. The first-order chi connectivity index (χ1) is 17.9. The zero-order chi connectivity index (χ0) is 27.4. The molecule has 220 valence electrons. The second-order valence-corrected chi connectivity index (χ2v) is 11.9. The predicted octanol–water partition coefficient (Wildman–Crippen LogP) is 10.6. The van der Waals surface area contributed by atoms with Crippen LogP contribution in [0.4, 0.5) is 0 Å². The molecule has 0 N–H and O–H groups in total. The molecule has 0 saturated carbocycles. The Bertz CT molecular complexity index is 459. The van der Waals surface area contributed by atoms with Crippen molar-refractivity contribution in [2.45, 2.75) is 182 Å². The van der Waals surface area contributed by atoms with Gasteiger partial charge in [0.15, 0.2) is 0 Å². The normalized spacial score (nSPS) is 11.4. The molecule has 37 heavy (non-hydrogen) atoms. The van der Waals surface area contributed by atoms with Gasteiger partial charge in [-0.1, -0.05) is 156 Å². The van der Waals surface area contributed by atoms with Crippen LogP contribution in [0.25, 0.3) is 0 Å². The van der Waals surface area contributed by atoms with E-state index in [1.165, 1.54) is 103 Å². The third kappa shape index (κ3) is 31.0. The van der Waals surface area contributed by atoms with Crippen LogP contribution in [0, 0.1) is 11.8 Å². The topological polar surface area (TPSA) is 61.8 Å². The highest BCUT2D eigenvalue weighted by Gasteiger charge is 2.09. The van der Waals surface area contributed by atoms with Crippen LogP contribution >= 0.6 is 0 Å². The third-order valence-corrected chi connectivity index (χ3v) is 7.08. The van der Waals surface area contributed by atoms with Gasteiger partial charge in [-0.2, -0.15) is 0 Å². The number of unbranched alkanes of at least 4 members (excludes halogenated alkanes) is 18. The first-order valence-electron chi connectivity index (χ1n) is 16.0. The highest BCUT2D eigenvalue weighted by atomic mass is 17.5. The monoisotopic (exact) mass is 526 g/mol. The standard InChI is InChI=1S/C32H62O5/c1-29(2)25-21-17-13-9-5-7-11-15-19-23-27-31(33)35-37-36-32(34)28-24-20-16-12-8-6-10-14-18-22-26-30(3)4/h29-30H,5-28H2,1-4H3. The van der Waals surface area contributed by atoms with Gasteiger partial charge in [0.05, 0.1) is 0 Å². The van der Waals surface area contributed by atoms with Gasteiger partial charge in [-0.05, 0) is 24.7 Å². The van der Waals surface area contributed by atoms with Crippen LogP contribution in [0.1, 0.15) is 182 Å². The molecular weight excluding hydrogens is 464 g/mol. The maximum Gasteiger partial charge on any atom is 0.346 e. The SMILES string of the molecule is CC(C)CCCCCCCCCCCCC(=O)OOOC(=O)CCCCCCCCCCCCC(C)C. The summed E-state index contributed by atoms with van der Waals surface area (Å²) in [5.74, 6) is 0.706. The summed E-state index contributed by atoms with van der Waals surface area (Å²) in [5.41, 5.74) is 0. The van der Waals surface area contributed by atoms with Crippen LogP contribution in [-0.4, -0.2) is 11.9 Å². The molecule has 0 bridgehead atoms. The van der Waals surface area contributed by atoms with E-state index < -0.39 is 11.9 Å². The fraction of sp³-hybridized carbons (Fsp3) is 0.938. The van der Waals surface area contributed by atoms with E-state index in [4.69, 9.17) is 0 Å². The van der Waals surface area contributed by atoms with Crippen molar-refractivity contribution >= 4 is 11.9 Å². The minimum atomic E-state index is -0.478. The Hall–Kier alpha value is -1.10. The highest BCUT2D eigenvalue weighted by molar-refractivity contribution is 5.69. The Morgan fingerprint density at radius 1 is 0.405 bits per heavy atom. The number of carbonyl (C=O) groups excluding carboxylic acids is 2. The van der Waals surface area contributed by atoms with Crippen LogP contribution < -0.4 is 0 Å². The quantitative estimate of drug-likeness (QED) is 0.0576. The molecule has 0 unspecified atom stereocenters. The van der Waals surface area contributed by atoms with Gasteiger partial charge in [-0.3, -0.25) is 9.78 Å². The summed E-state index contributed by atoms with van der Waals surface area (Å²) >= 11 is 0. The molecule has 0 aromatic carbocycles. The van der Waals surface area contributed by atoms with E-state index in [1.54, 1.807) is 0 Å². The van der Waals surface area contributed by atoms with Crippen molar-refractivity contribution in [2.75, 3.05) is 0 Å². The van der Waals surface area contributed by atoms with Gasteiger partial charge in [0.25, 0.3) is 0 Å². The van der Waals surface area contributed by atoms with Crippen LogP contribution in [0.15, 0.2) is 0 Å². The summed E-state index contributed by atoms with van der Waals surface area (Å²) in [4.78, 5) is 32.5. The van der Waals surface area contributed by atoms with Crippen molar-refractivity contribution in [3.05, 3.63) is 0 Å². The van der Waals surface area contributed by atoms with E-state index in [2.05, 4.69) is 42.5 Å². The first kappa shape index (κ1) is 35.9. The van der Waals surface area contributed by atoms with Crippen LogP contribution in [-0.2, 0) is 24.4 Å². The van der Waals surface area contributed by atoms with E-state index in [0.29, 0.717) is 12.8 Å². The molecular formula is C32H62O5. The largest absolute Gasteiger partial charge is 0.346 e. The van der Waals surface area contributed by atoms with Gasteiger partial charge in [0, 0.05) is 17.9 Å². The molecule has 0 aliphatic carbocycles. The summed E-state index contributed by atoms with van der Waals surface area (Å²) in [7, 11) is 0. The molecule has 5 nitrogen and oxygen atoms in total. The van der Waals surface area contributed by atoms with Crippen molar-refractivity contribution < 1.29 is 24.4 Å². The predicted molar refractivity (Wildman–Crippen MR) is 154 cm³/mol. The molecule has 5 heteroatoms. The Morgan fingerprint density at radius 2 is 0.649 bits per heavy atom. The fourth-order valence-corrected chi connectivity index (χ4v) is 4.65. The molecule has 0 saturated heterocycles. The molecule has 0 amide bonds. The highest BCUT2D eigenvalue weighted by Crippen LogP contribution is 2.15. The lowest BCUT2D eigenvalue weighted by Gasteiger charge is -2.05. The van der Waals surface area contributed by atoms with E-state index in [9.17, 15) is 9.59 Å². The molecule has 0 aliphatic heterocycles. The molecule has 0 spiro atoms. The van der Waals surface area contributed by atoms with E-state index in [-0.39, 0.29) is 0 Å². The Kier molecular flexibility index (Phi) is 27.1. The minimum Gasteiger partial charge on any atom is -0.260 e. The van der Waals surface area contributed by atoms with Gasteiger partial charge in [0.2, 0.25) is 0 Å². The van der Waals surface area contributed by atoms with Gasteiger partial charge in [-0.25, -0.2) is 9.59 Å². The second-order valence-electron chi connectivity index (χ2n) is 11.9. The fourth-order valence-electron chi connectivity index (χ4n) is 4.65. The number of rotatable bonds is 28. The molecule has 0 aromatic heterocycles. The molecule has 0 radical (unpaired) electrons. The van der Waals surface area contributed by atoms with Gasteiger partial charge in [-0.15, -0.1) is 0 Å². The van der Waals surface area contributed by atoms with E-state index in [0.717, 1.165) is 50.4 Å². The maximum atomic E-state index is 11.7. The van der Waals surface area contributed by atoms with Gasteiger partial charge < -0.3 is 0 Å². The molecule has 0 rings (SSSR count). The van der Waals surface area contributed by atoms with Gasteiger partial charge in [0.1, 0.15) is 0 Å². The van der Waals surface area contributed by atoms with Crippen molar-refractivity contribution in [3.63, 3.8) is 0 Å². The van der Waals surface area contributed by atoms with E-state index in [1.807, 2.05) is 0 Å². The minimum absolute atomic E-state index is 0.297. The molecule has 0 heterocycles. The lowest BCUT2D eigenvalue weighted by molar-refractivity contribution is -0.459. The van der Waals surface area contributed by atoms with Gasteiger partial charge >= 0.3 is 11.9 Å². The summed E-state index contributed by atoms with van der Waals surface area (Å²) in [5, 5.41) is 4.38. The van der Waals surface area contributed by atoms with Crippen LogP contribution in [0.3, 0.4) is 0 Å². The average Bonchev–Trinajstić information content (AvgIpc) is 2.85. The second kappa shape index (κ2) is 27.9. The first-order valence-corrected chi connectivity index (χ1v) is 16.0. The zero-order valence-corrected chi connectivity index (χ0v) is 25.2. The number of carbonyl (C=O) groups is 2. The molecule has 0 fully saturated rings. The lowest BCUT2D eigenvalue weighted by Crippen LogP contribution is -2.10. The smallest absolute Gasteiger partial charge is 0.260 e. The maximum absolute atomic E-state index is 11.7. The summed E-state index contributed by atoms with van der Waals surface area (Å²) in [6.45, 7) is 9.18. The number of hydrogen-bond acceptors (Lipinski definition) is 5. The lowest BCUT2D eigenvalue weighted by atomic mass is 10.0. The summed E-state index contributed by atoms with van der Waals surface area (Å²) in [6.07, 6.45) is 27.8. The van der Waals surface area contributed by atoms with Crippen molar-refractivity contribution in [3.8, 4) is 0 Å². The van der Waals surface area contributed by atoms with Crippen molar-refractivity contribution in [1.82, 2.24) is 0 Å². The Morgan fingerprint density at radius 3 is 0.919 bits per heavy atom. The average molecular weight is 527 g/mol. The zero-order valence-electron chi connectivity index (χ0n) is 25.2. The van der Waals surface area contributed by atoms with Crippen LogP contribution in [0.2, 0.25) is 0 Å². The van der Waals surface area contributed by atoms with Crippen LogP contribution in [0.5, 0.6) is 0 Å². The summed E-state index contributed by atoms with van der Waals surface area (Å²) in [6, 6.07) is 0. The number of hydrogen-bond donors (Lipinski definition) is 0. The molecule has 0 aromatic rings. The Labute approximate surface area is 230 Å². The summed E-state index contributed by atoms with van der Waals surface area (Å²) < 4.78 is 0. The molecule has 0 aliphatic rings. The van der Waals surface area contributed by atoms with Crippen molar-refractivity contribution in [1.29, 1.82) is 0 Å². The van der Waals surface area contributed by atoms with E-state index >= 15 is 0 Å².